The quantitative estimate of drug-likeness (QED) is 0.881. The average molecular weight is 301 g/mol. The second-order valence-electron chi connectivity index (χ2n) is 6.22. The molecule has 1 atom stereocenters. The zero-order valence-electron chi connectivity index (χ0n) is 13.3. The van der Waals surface area contributed by atoms with E-state index in [0.29, 0.717) is 18.2 Å². The minimum absolute atomic E-state index is 0.210. The molecule has 118 valence electrons. The molecule has 2 heterocycles. The van der Waals surface area contributed by atoms with Gasteiger partial charge in [-0.2, -0.15) is 0 Å². The monoisotopic (exact) mass is 301 g/mol. The van der Waals surface area contributed by atoms with E-state index >= 15 is 0 Å². The van der Waals surface area contributed by atoms with Crippen LogP contribution in [0, 0.1) is 6.92 Å². The van der Waals surface area contributed by atoms with Gasteiger partial charge in [-0.05, 0) is 50.4 Å². The summed E-state index contributed by atoms with van der Waals surface area (Å²) in [6.45, 7) is 5.77. The number of piperidine rings is 1. The first-order valence-corrected chi connectivity index (χ1v) is 8.09. The van der Waals surface area contributed by atoms with Crippen LogP contribution in [0.4, 0.5) is 0 Å². The van der Waals surface area contributed by atoms with E-state index in [9.17, 15) is 9.90 Å². The van der Waals surface area contributed by atoms with Crippen LogP contribution >= 0.6 is 0 Å². The lowest BCUT2D eigenvalue weighted by Crippen LogP contribution is -2.38. The number of nitrogens with zero attached hydrogens (tertiary/aromatic N) is 1. The fraction of sp³-hybridized carbons (Fsp3) is 0.500. The van der Waals surface area contributed by atoms with Crippen molar-refractivity contribution in [3.8, 4) is 5.75 Å². The van der Waals surface area contributed by atoms with Crippen molar-refractivity contribution >= 4 is 11.0 Å². The summed E-state index contributed by atoms with van der Waals surface area (Å²) in [5.74, 6) is 0.210. The zero-order valence-corrected chi connectivity index (χ0v) is 13.3. The maximum Gasteiger partial charge on any atom is 0.336 e. The Labute approximate surface area is 130 Å². The standard InChI is InChI=1S/C18H23NO3/c1-3-13-6-4-5-9-19(13)11-15-16(20)8-7-14-12(2)10-17(21)22-18(14)15/h7-8,10,13,20H,3-6,9,11H2,1-2H3/t13-/m1/s1. The molecule has 4 nitrogen and oxygen atoms in total. The van der Waals surface area contributed by atoms with Crippen molar-refractivity contribution in [2.45, 2.75) is 52.1 Å². The van der Waals surface area contributed by atoms with E-state index in [1.165, 1.54) is 25.3 Å². The van der Waals surface area contributed by atoms with Crippen molar-refractivity contribution < 1.29 is 9.52 Å². The van der Waals surface area contributed by atoms with Crippen LogP contribution in [-0.2, 0) is 6.54 Å². The largest absolute Gasteiger partial charge is 0.507 e. The van der Waals surface area contributed by atoms with Gasteiger partial charge in [-0.15, -0.1) is 0 Å². The Morgan fingerprint density at radius 3 is 2.95 bits per heavy atom. The van der Waals surface area contributed by atoms with E-state index in [4.69, 9.17) is 4.42 Å². The lowest BCUT2D eigenvalue weighted by molar-refractivity contribution is 0.135. The van der Waals surface area contributed by atoms with Gasteiger partial charge in [0.2, 0.25) is 0 Å². The molecular weight excluding hydrogens is 278 g/mol. The Kier molecular flexibility index (Phi) is 4.21. The van der Waals surface area contributed by atoms with E-state index in [0.717, 1.165) is 29.5 Å². The summed E-state index contributed by atoms with van der Waals surface area (Å²) in [7, 11) is 0. The molecule has 1 aliphatic rings. The molecule has 0 spiro atoms. The number of phenolic OH excluding ortho intramolecular Hbond substituents is 1. The number of likely N-dealkylation sites (tertiary alicyclic amines) is 1. The van der Waals surface area contributed by atoms with E-state index in [-0.39, 0.29) is 11.4 Å². The minimum Gasteiger partial charge on any atom is -0.507 e. The van der Waals surface area contributed by atoms with Crippen LogP contribution in [-0.4, -0.2) is 22.6 Å². The third-order valence-corrected chi connectivity index (χ3v) is 4.78. The van der Waals surface area contributed by atoms with E-state index < -0.39 is 0 Å². The zero-order chi connectivity index (χ0) is 15.7. The molecule has 1 saturated heterocycles. The number of aryl methyl sites for hydroxylation is 1. The summed E-state index contributed by atoms with van der Waals surface area (Å²) in [6.07, 6.45) is 4.76. The van der Waals surface area contributed by atoms with Crippen LogP contribution in [0.15, 0.2) is 27.4 Å². The number of rotatable bonds is 3. The lowest BCUT2D eigenvalue weighted by atomic mass is 9.98. The van der Waals surface area contributed by atoms with Gasteiger partial charge in [0.05, 0.1) is 5.56 Å². The Morgan fingerprint density at radius 2 is 2.18 bits per heavy atom. The summed E-state index contributed by atoms with van der Waals surface area (Å²) >= 11 is 0. The first-order valence-electron chi connectivity index (χ1n) is 8.09. The van der Waals surface area contributed by atoms with Crippen LogP contribution in [0.25, 0.3) is 11.0 Å². The van der Waals surface area contributed by atoms with E-state index in [1.54, 1.807) is 6.07 Å². The molecule has 1 aromatic carbocycles. The molecule has 0 bridgehead atoms. The molecule has 0 unspecified atom stereocenters. The Hall–Kier alpha value is -1.81. The van der Waals surface area contributed by atoms with Crippen molar-refractivity contribution in [3.05, 3.63) is 39.7 Å². The Balaban J connectivity index is 2.05. The highest BCUT2D eigenvalue weighted by Gasteiger charge is 2.23. The maximum absolute atomic E-state index is 11.7. The topological polar surface area (TPSA) is 53.7 Å². The first kappa shape index (κ1) is 15.1. The van der Waals surface area contributed by atoms with Gasteiger partial charge in [0.1, 0.15) is 11.3 Å². The number of hydrogen-bond acceptors (Lipinski definition) is 4. The fourth-order valence-corrected chi connectivity index (χ4v) is 3.52. The highest BCUT2D eigenvalue weighted by Crippen LogP contribution is 2.31. The van der Waals surface area contributed by atoms with Crippen LogP contribution in [0.1, 0.15) is 43.7 Å². The van der Waals surface area contributed by atoms with Crippen molar-refractivity contribution in [2.24, 2.45) is 0 Å². The highest BCUT2D eigenvalue weighted by molar-refractivity contribution is 5.84. The summed E-state index contributed by atoms with van der Waals surface area (Å²) in [6, 6.07) is 5.56. The predicted molar refractivity (Wildman–Crippen MR) is 87.2 cm³/mol. The van der Waals surface area contributed by atoms with Crippen molar-refractivity contribution in [1.82, 2.24) is 4.90 Å². The molecule has 0 amide bonds. The lowest BCUT2D eigenvalue weighted by Gasteiger charge is -2.35. The number of fused-ring (bicyclic) bond motifs is 1. The molecule has 22 heavy (non-hydrogen) atoms. The van der Waals surface area contributed by atoms with Gasteiger partial charge in [0, 0.05) is 24.0 Å². The van der Waals surface area contributed by atoms with Gasteiger partial charge in [0.15, 0.2) is 0 Å². The highest BCUT2D eigenvalue weighted by atomic mass is 16.4. The Morgan fingerprint density at radius 1 is 1.36 bits per heavy atom. The second-order valence-corrected chi connectivity index (χ2v) is 6.22. The maximum atomic E-state index is 11.7. The third-order valence-electron chi connectivity index (χ3n) is 4.78. The van der Waals surface area contributed by atoms with Crippen molar-refractivity contribution in [3.63, 3.8) is 0 Å². The van der Waals surface area contributed by atoms with Crippen LogP contribution < -0.4 is 5.63 Å². The molecule has 2 aromatic rings. The van der Waals surface area contributed by atoms with Crippen LogP contribution in [0.5, 0.6) is 5.75 Å². The molecule has 4 heteroatoms. The molecule has 0 aliphatic carbocycles. The number of aromatic hydroxyl groups is 1. The summed E-state index contributed by atoms with van der Waals surface area (Å²) < 4.78 is 5.42. The fourth-order valence-electron chi connectivity index (χ4n) is 3.52. The summed E-state index contributed by atoms with van der Waals surface area (Å²) in [5.41, 5.74) is 1.80. The van der Waals surface area contributed by atoms with Crippen LogP contribution in [0.3, 0.4) is 0 Å². The summed E-state index contributed by atoms with van der Waals surface area (Å²) in [4.78, 5) is 14.1. The first-order chi connectivity index (χ1) is 10.6. The van der Waals surface area contributed by atoms with E-state index in [1.807, 2.05) is 13.0 Å². The number of benzene rings is 1. The SMILES string of the molecule is CC[C@@H]1CCCCN1Cc1c(O)ccc2c(C)cc(=O)oc12. The van der Waals surface area contributed by atoms with Gasteiger partial charge in [-0.1, -0.05) is 13.3 Å². The molecule has 3 rings (SSSR count). The van der Waals surface area contributed by atoms with Crippen molar-refractivity contribution in [2.75, 3.05) is 6.54 Å². The second kappa shape index (κ2) is 6.13. The van der Waals surface area contributed by atoms with Gasteiger partial charge < -0.3 is 9.52 Å². The minimum atomic E-state index is -0.359. The third kappa shape index (κ3) is 2.75. The number of phenols is 1. The average Bonchev–Trinajstić information content (AvgIpc) is 2.50. The molecule has 1 aromatic heterocycles. The molecule has 1 aliphatic heterocycles. The molecule has 0 saturated carbocycles. The normalized spacial score (nSPS) is 19.6. The molecule has 0 radical (unpaired) electrons. The van der Waals surface area contributed by atoms with Gasteiger partial charge in [-0.25, -0.2) is 4.79 Å². The number of hydrogen-bond donors (Lipinski definition) is 1. The van der Waals surface area contributed by atoms with Gasteiger partial charge in [0.25, 0.3) is 0 Å². The Bertz CT molecular complexity index is 735. The molecule has 1 N–H and O–H groups in total. The van der Waals surface area contributed by atoms with Crippen LogP contribution in [0.2, 0.25) is 0 Å². The predicted octanol–water partition coefficient (Wildman–Crippen LogP) is 3.57. The van der Waals surface area contributed by atoms with Crippen molar-refractivity contribution in [1.29, 1.82) is 0 Å². The molecular formula is C18H23NO3. The summed E-state index contributed by atoms with van der Waals surface area (Å²) in [5, 5.41) is 11.2. The van der Waals surface area contributed by atoms with E-state index in [2.05, 4.69) is 11.8 Å². The molecule has 1 fully saturated rings. The smallest absolute Gasteiger partial charge is 0.336 e. The van der Waals surface area contributed by atoms with Gasteiger partial charge in [-0.3, -0.25) is 4.90 Å². The van der Waals surface area contributed by atoms with Gasteiger partial charge >= 0.3 is 5.63 Å².